The second-order valence-corrected chi connectivity index (χ2v) is 4.64. The van der Waals surface area contributed by atoms with Crippen molar-refractivity contribution < 1.29 is 0 Å². The zero-order valence-corrected chi connectivity index (χ0v) is 10.5. The number of aryl methyl sites for hydroxylation is 1. The van der Waals surface area contributed by atoms with Gasteiger partial charge >= 0.3 is 0 Å². The van der Waals surface area contributed by atoms with E-state index >= 15 is 0 Å². The van der Waals surface area contributed by atoms with Crippen LogP contribution < -0.4 is 5.32 Å². The van der Waals surface area contributed by atoms with E-state index in [-0.39, 0.29) is 6.04 Å². The standard InChI is InChI=1S/C10H11ClN4S/c1-6-5-16-10(14-6)7(2)15-9-8(11)12-3-4-13-9/h3-5,7H,1-2H3,(H,13,15). The van der Waals surface area contributed by atoms with Crippen molar-refractivity contribution in [3.8, 4) is 0 Å². The van der Waals surface area contributed by atoms with Gasteiger partial charge in [-0.1, -0.05) is 11.6 Å². The number of aromatic nitrogens is 3. The Morgan fingerprint density at radius 1 is 1.38 bits per heavy atom. The third-order valence-corrected chi connectivity index (χ3v) is 3.44. The van der Waals surface area contributed by atoms with E-state index in [1.54, 1.807) is 23.7 Å². The highest BCUT2D eigenvalue weighted by Crippen LogP contribution is 2.23. The van der Waals surface area contributed by atoms with Crippen molar-refractivity contribution in [2.45, 2.75) is 19.9 Å². The smallest absolute Gasteiger partial charge is 0.171 e. The lowest BCUT2D eigenvalue weighted by molar-refractivity contribution is 0.853. The number of hydrogen-bond donors (Lipinski definition) is 1. The van der Waals surface area contributed by atoms with Crippen molar-refractivity contribution in [1.82, 2.24) is 15.0 Å². The molecule has 0 fully saturated rings. The molecule has 0 aromatic carbocycles. The minimum Gasteiger partial charge on any atom is -0.359 e. The molecule has 1 atom stereocenters. The Morgan fingerprint density at radius 3 is 2.75 bits per heavy atom. The summed E-state index contributed by atoms with van der Waals surface area (Å²) in [6.45, 7) is 3.99. The van der Waals surface area contributed by atoms with Crippen LogP contribution in [-0.2, 0) is 0 Å². The predicted molar refractivity (Wildman–Crippen MR) is 65.9 cm³/mol. The summed E-state index contributed by atoms with van der Waals surface area (Å²) in [6, 6.07) is 0.0768. The van der Waals surface area contributed by atoms with Gasteiger partial charge in [0.2, 0.25) is 0 Å². The first-order valence-corrected chi connectivity index (χ1v) is 6.07. The molecule has 0 aliphatic heterocycles. The number of nitrogens with zero attached hydrogens (tertiary/aromatic N) is 3. The van der Waals surface area contributed by atoms with E-state index < -0.39 is 0 Å². The molecule has 2 heterocycles. The lowest BCUT2D eigenvalue weighted by atomic mass is 10.3. The maximum atomic E-state index is 5.91. The lowest BCUT2D eigenvalue weighted by Crippen LogP contribution is -2.08. The van der Waals surface area contributed by atoms with Gasteiger partial charge in [-0.05, 0) is 13.8 Å². The minimum atomic E-state index is 0.0768. The van der Waals surface area contributed by atoms with Crippen LogP contribution in [0.3, 0.4) is 0 Å². The van der Waals surface area contributed by atoms with Crippen LogP contribution in [0.2, 0.25) is 5.15 Å². The van der Waals surface area contributed by atoms with Gasteiger partial charge in [-0.25, -0.2) is 15.0 Å². The molecule has 0 amide bonds. The molecule has 0 aliphatic carbocycles. The molecule has 0 saturated carbocycles. The van der Waals surface area contributed by atoms with Crippen molar-refractivity contribution in [2.75, 3.05) is 5.32 Å². The first-order chi connectivity index (χ1) is 7.66. The van der Waals surface area contributed by atoms with Crippen LogP contribution in [0.5, 0.6) is 0 Å². The summed E-state index contributed by atoms with van der Waals surface area (Å²) >= 11 is 7.53. The molecule has 0 spiro atoms. The van der Waals surface area contributed by atoms with Crippen LogP contribution in [0.4, 0.5) is 5.82 Å². The number of nitrogens with one attached hydrogen (secondary N) is 1. The molecule has 0 saturated heterocycles. The molecule has 2 aromatic heterocycles. The van der Waals surface area contributed by atoms with Gasteiger partial charge in [0.1, 0.15) is 5.01 Å². The molecule has 1 unspecified atom stereocenters. The van der Waals surface area contributed by atoms with Gasteiger partial charge in [0, 0.05) is 23.5 Å². The summed E-state index contributed by atoms with van der Waals surface area (Å²) in [5.41, 5.74) is 1.03. The van der Waals surface area contributed by atoms with Crippen LogP contribution in [0.1, 0.15) is 23.7 Å². The Hall–Kier alpha value is -1.20. The van der Waals surface area contributed by atoms with Gasteiger partial charge < -0.3 is 5.32 Å². The van der Waals surface area contributed by atoms with Crippen molar-refractivity contribution in [3.63, 3.8) is 0 Å². The summed E-state index contributed by atoms with van der Waals surface area (Å²) in [7, 11) is 0. The van der Waals surface area contributed by atoms with Crippen molar-refractivity contribution in [3.05, 3.63) is 33.6 Å². The van der Waals surface area contributed by atoms with E-state index in [1.165, 1.54) is 0 Å². The number of halogens is 1. The van der Waals surface area contributed by atoms with Gasteiger partial charge in [-0.15, -0.1) is 11.3 Å². The van der Waals surface area contributed by atoms with E-state index in [0.29, 0.717) is 11.0 Å². The summed E-state index contributed by atoms with van der Waals surface area (Å²) in [5.74, 6) is 0.588. The van der Waals surface area contributed by atoms with Crippen LogP contribution in [0, 0.1) is 6.92 Å². The molecule has 0 bridgehead atoms. The third kappa shape index (κ3) is 2.48. The lowest BCUT2D eigenvalue weighted by Gasteiger charge is -2.11. The molecular weight excluding hydrogens is 244 g/mol. The summed E-state index contributed by atoms with van der Waals surface area (Å²) in [4.78, 5) is 12.5. The average molecular weight is 255 g/mol. The highest BCUT2D eigenvalue weighted by molar-refractivity contribution is 7.09. The highest BCUT2D eigenvalue weighted by atomic mass is 35.5. The number of hydrogen-bond acceptors (Lipinski definition) is 5. The maximum absolute atomic E-state index is 5.91. The van der Waals surface area contributed by atoms with Gasteiger partial charge in [0.05, 0.1) is 6.04 Å². The zero-order valence-electron chi connectivity index (χ0n) is 8.94. The molecule has 84 valence electrons. The Bertz CT molecular complexity index is 485. The van der Waals surface area contributed by atoms with Crippen LogP contribution >= 0.6 is 22.9 Å². The van der Waals surface area contributed by atoms with Gasteiger partial charge in [0.15, 0.2) is 11.0 Å². The second-order valence-electron chi connectivity index (χ2n) is 3.39. The largest absolute Gasteiger partial charge is 0.359 e. The first-order valence-electron chi connectivity index (χ1n) is 4.82. The Morgan fingerprint density at radius 2 is 2.12 bits per heavy atom. The molecule has 2 rings (SSSR count). The van der Waals surface area contributed by atoms with Gasteiger partial charge in [0.25, 0.3) is 0 Å². The average Bonchev–Trinajstić information content (AvgIpc) is 2.68. The number of thiazole rings is 1. The highest BCUT2D eigenvalue weighted by Gasteiger charge is 2.11. The molecule has 2 aromatic rings. The van der Waals surface area contributed by atoms with E-state index in [0.717, 1.165) is 10.7 Å². The molecule has 0 radical (unpaired) electrons. The maximum Gasteiger partial charge on any atom is 0.171 e. The van der Waals surface area contributed by atoms with Gasteiger partial charge in [-0.3, -0.25) is 0 Å². The summed E-state index contributed by atoms with van der Waals surface area (Å²) in [6.07, 6.45) is 3.17. The van der Waals surface area contributed by atoms with Crippen LogP contribution in [0.15, 0.2) is 17.8 Å². The van der Waals surface area contributed by atoms with Crippen LogP contribution in [0.25, 0.3) is 0 Å². The predicted octanol–water partition coefficient (Wildman–Crippen LogP) is 3.07. The Kier molecular flexibility index (Phi) is 3.36. The van der Waals surface area contributed by atoms with Crippen molar-refractivity contribution in [2.24, 2.45) is 0 Å². The third-order valence-electron chi connectivity index (χ3n) is 2.01. The fourth-order valence-corrected chi connectivity index (χ4v) is 2.22. The number of anilines is 1. The first kappa shape index (κ1) is 11.3. The van der Waals surface area contributed by atoms with Crippen molar-refractivity contribution >= 4 is 28.8 Å². The van der Waals surface area contributed by atoms with E-state index in [4.69, 9.17) is 11.6 Å². The SMILES string of the molecule is Cc1csc(C(C)Nc2nccnc2Cl)n1. The molecule has 16 heavy (non-hydrogen) atoms. The van der Waals surface area contributed by atoms with E-state index in [1.807, 2.05) is 19.2 Å². The van der Waals surface area contributed by atoms with Crippen molar-refractivity contribution in [1.29, 1.82) is 0 Å². The fraction of sp³-hybridized carbons (Fsp3) is 0.300. The summed E-state index contributed by atoms with van der Waals surface area (Å²) in [5, 5.41) is 6.59. The molecule has 4 nitrogen and oxygen atoms in total. The fourth-order valence-electron chi connectivity index (χ4n) is 1.26. The topological polar surface area (TPSA) is 50.7 Å². The normalized spacial score (nSPS) is 12.4. The molecule has 0 aliphatic rings. The molecular formula is C10H11ClN4S. The monoisotopic (exact) mass is 254 g/mol. The Balaban J connectivity index is 2.13. The molecule has 1 N–H and O–H groups in total. The minimum absolute atomic E-state index is 0.0768. The zero-order chi connectivity index (χ0) is 11.5. The Labute approximate surface area is 103 Å². The van der Waals surface area contributed by atoms with Crippen LogP contribution in [-0.4, -0.2) is 15.0 Å². The number of rotatable bonds is 3. The second kappa shape index (κ2) is 4.76. The quantitative estimate of drug-likeness (QED) is 0.915. The van der Waals surface area contributed by atoms with Gasteiger partial charge in [-0.2, -0.15) is 0 Å². The van der Waals surface area contributed by atoms with E-state index in [2.05, 4.69) is 20.3 Å². The summed E-state index contributed by atoms with van der Waals surface area (Å²) < 4.78 is 0. The van der Waals surface area contributed by atoms with E-state index in [9.17, 15) is 0 Å². The molecule has 6 heteroatoms.